The van der Waals surface area contributed by atoms with Crippen molar-refractivity contribution in [2.24, 2.45) is 0 Å². The molecule has 2 rings (SSSR count). The fourth-order valence-corrected chi connectivity index (χ4v) is 4.36. The van der Waals surface area contributed by atoms with Crippen molar-refractivity contribution in [3.63, 3.8) is 0 Å². The van der Waals surface area contributed by atoms with E-state index < -0.39 is 10.0 Å². The fourth-order valence-electron chi connectivity index (χ4n) is 2.71. The highest BCUT2D eigenvalue weighted by Gasteiger charge is 2.24. The normalized spacial score (nSPS) is 18.1. The van der Waals surface area contributed by atoms with Crippen LogP contribution in [-0.2, 0) is 16.4 Å². The van der Waals surface area contributed by atoms with Gasteiger partial charge in [0.1, 0.15) is 0 Å². The Kier molecular flexibility index (Phi) is 6.52. The van der Waals surface area contributed by atoms with Gasteiger partial charge >= 0.3 is 0 Å². The lowest BCUT2D eigenvalue weighted by molar-refractivity contribution is 0.364. The predicted octanol–water partition coefficient (Wildman–Crippen LogP) is 3.81. The van der Waals surface area contributed by atoms with E-state index >= 15 is 0 Å². The van der Waals surface area contributed by atoms with Gasteiger partial charge in [0.15, 0.2) is 0 Å². The third-order valence-corrected chi connectivity index (χ3v) is 6.16. The fraction of sp³-hybridized carbons (Fsp3) is 0.625. The minimum absolute atomic E-state index is 0.415. The molecule has 1 aromatic carbocycles. The Hall–Kier alpha value is -0.580. The molecule has 1 fully saturated rings. The first kappa shape index (κ1) is 16.8. The van der Waals surface area contributed by atoms with Crippen LogP contribution in [0.2, 0.25) is 0 Å². The number of halogens is 1. The van der Waals surface area contributed by atoms with Crippen LogP contribution >= 0.6 is 11.6 Å². The van der Waals surface area contributed by atoms with Crippen molar-refractivity contribution < 1.29 is 8.42 Å². The number of rotatable bonds is 5. The minimum atomic E-state index is -3.33. The second-order valence-corrected chi connectivity index (χ2v) is 7.92. The lowest BCUT2D eigenvalue weighted by Crippen LogP contribution is -2.33. The molecule has 1 saturated heterocycles. The van der Waals surface area contributed by atoms with Crippen LogP contribution in [0.5, 0.6) is 0 Å². The van der Waals surface area contributed by atoms with Gasteiger partial charge in [0.05, 0.1) is 4.90 Å². The quantitative estimate of drug-likeness (QED) is 0.770. The maximum absolute atomic E-state index is 12.7. The molecule has 0 saturated carbocycles. The van der Waals surface area contributed by atoms with Crippen molar-refractivity contribution >= 4 is 21.6 Å². The summed E-state index contributed by atoms with van der Waals surface area (Å²) >= 11 is 5.68. The van der Waals surface area contributed by atoms with Gasteiger partial charge in [-0.15, -0.1) is 11.6 Å². The smallest absolute Gasteiger partial charge is 0.207 e. The van der Waals surface area contributed by atoms with Crippen LogP contribution < -0.4 is 0 Å². The molecule has 118 valence electrons. The zero-order chi connectivity index (χ0) is 15.1. The van der Waals surface area contributed by atoms with Gasteiger partial charge in [-0.3, -0.25) is 0 Å². The summed E-state index contributed by atoms with van der Waals surface area (Å²) in [4.78, 5) is 0.415. The third kappa shape index (κ3) is 4.70. The average molecular weight is 330 g/mol. The molecule has 21 heavy (non-hydrogen) atoms. The SMILES string of the molecule is O=S(=O)(c1ccc(CCCCl)cc1)N1CCCCCCC1. The summed E-state index contributed by atoms with van der Waals surface area (Å²) in [5, 5.41) is 0. The molecule has 5 heteroatoms. The van der Waals surface area contributed by atoms with Crippen LogP contribution in [0.3, 0.4) is 0 Å². The molecule has 0 bridgehead atoms. The van der Waals surface area contributed by atoms with E-state index in [2.05, 4.69) is 0 Å². The molecular formula is C16H24ClNO2S. The lowest BCUT2D eigenvalue weighted by Gasteiger charge is -2.24. The van der Waals surface area contributed by atoms with Crippen molar-refractivity contribution in [2.45, 2.75) is 49.8 Å². The molecule has 0 aromatic heterocycles. The highest BCUT2D eigenvalue weighted by molar-refractivity contribution is 7.89. The molecule has 1 aliphatic rings. The van der Waals surface area contributed by atoms with E-state index in [0.29, 0.717) is 23.9 Å². The van der Waals surface area contributed by atoms with Gasteiger partial charge in [-0.1, -0.05) is 31.4 Å². The van der Waals surface area contributed by atoms with E-state index in [1.165, 1.54) is 6.42 Å². The number of benzene rings is 1. The van der Waals surface area contributed by atoms with Gasteiger partial charge in [0.2, 0.25) is 10.0 Å². The molecule has 1 aliphatic heterocycles. The second-order valence-electron chi connectivity index (χ2n) is 5.61. The Bertz CT molecular complexity index is 520. The molecule has 1 heterocycles. The van der Waals surface area contributed by atoms with Crippen LogP contribution in [0.1, 0.15) is 44.1 Å². The van der Waals surface area contributed by atoms with E-state index in [-0.39, 0.29) is 0 Å². The standard InChI is InChI=1S/C16H24ClNO2S/c17-12-6-7-15-8-10-16(11-9-15)21(19,20)18-13-4-2-1-3-5-14-18/h8-11H,1-7,12-14H2. The van der Waals surface area contributed by atoms with E-state index in [4.69, 9.17) is 11.6 Å². The largest absolute Gasteiger partial charge is 0.243 e. The number of aryl methyl sites for hydroxylation is 1. The third-order valence-electron chi connectivity index (χ3n) is 3.98. The molecule has 0 unspecified atom stereocenters. The van der Waals surface area contributed by atoms with Crippen LogP contribution in [0, 0.1) is 0 Å². The molecule has 1 aromatic rings. The van der Waals surface area contributed by atoms with Gasteiger partial charge < -0.3 is 0 Å². The van der Waals surface area contributed by atoms with Crippen LogP contribution in [0.15, 0.2) is 29.2 Å². The first-order chi connectivity index (χ1) is 10.1. The number of sulfonamides is 1. The average Bonchev–Trinajstić information content (AvgIpc) is 2.45. The van der Waals surface area contributed by atoms with E-state index in [1.54, 1.807) is 16.4 Å². The summed E-state index contributed by atoms with van der Waals surface area (Å²) in [5.74, 6) is 0.633. The van der Waals surface area contributed by atoms with Gasteiger partial charge in [-0.05, 0) is 43.4 Å². The Morgan fingerprint density at radius 3 is 2.10 bits per heavy atom. The second kappa shape index (κ2) is 8.16. The summed E-state index contributed by atoms with van der Waals surface area (Å²) < 4.78 is 27.0. The molecule has 0 N–H and O–H groups in total. The van der Waals surface area contributed by atoms with Crippen LogP contribution in [0.25, 0.3) is 0 Å². The molecule has 0 atom stereocenters. The Balaban J connectivity index is 2.10. The molecular weight excluding hydrogens is 306 g/mol. The Labute approximate surface area is 133 Å². The highest BCUT2D eigenvalue weighted by atomic mass is 35.5. The van der Waals surface area contributed by atoms with Crippen molar-refractivity contribution in [1.29, 1.82) is 0 Å². The highest BCUT2D eigenvalue weighted by Crippen LogP contribution is 2.20. The first-order valence-corrected chi connectivity index (χ1v) is 9.77. The molecule has 3 nitrogen and oxygen atoms in total. The summed E-state index contributed by atoms with van der Waals surface area (Å²) in [5.41, 5.74) is 1.14. The number of nitrogens with zero attached hydrogens (tertiary/aromatic N) is 1. The van der Waals surface area contributed by atoms with Crippen LogP contribution in [0.4, 0.5) is 0 Å². The predicted molar refractivity (Wildman–Crippen MR) is 87.3 cm³/mol. The van der Waals surface area contributed by atoms with Crippen molar-refractivity contribution in [3.8, 4) is 0 Å². The monoisotopic (exact) mass is 329 g/mol. The maximum Gasteiger partial charge on any atom is 0.243 e. The summed E-state index contributed by atoms with van der Waals surface area (Å²) in [6.07, 6.45) is 7.23. The first-order valence-electron chi connectivity index (χ1n) is 7.79. The van der Waals surface area contributed by atoms with Crippen LogP contribution in [-0.4, -0.2) is 31.7 Å². The van der Waals surface area contributed by atoms with Gasteiger partial charge in [0, 0.05) is 19.0 Å². The van der Waals surface area contributed by atoms with E-state index in [1.807, 2.05) is 12.1 Å². The Morgan fingerprint density at radius 1 is 0.952 bits per heavy atom. The maximum atomic E-state index is 12.7. The molecule has 0 spiro atoms. The van der Waals surface area contributed by atoms with E-state index in [0.717, 1.165) is 44.1 Å². The summed E-state index contributed by atoms with van der Waals surface area (Å²) in [6.45, 7) is 1.30. The lowest BCUT2D eigenvalue weighted by atomic mass is 10.1. The number of hydrogen-bond acceptors (Lipinski definition) is 2. The summed E-state index contributed by atoms with van der Waals surface area (Å²) in [6, 6.07) is 7.28. The van der Waals surface area contributed by atoms with Gasteiger partial charge in [0.25, 0.3) is 0 Å². The summed E-state index contributed by atoms with van der Waals surface area (Å²) in [7, 11) is -3.33. The van der Waals surface area contributed by atoms with E-state index in [9.17, 15) is 8.42 Å². The van der Waals surface area contributed by atoms with Crippen molar-refractivity contribution in [1.82, 2.24) is 4.31 Å². The van der Waals surface area contributed by atoms with Gasteiger partial charge in [-0.25, -0.2) is 8.42 Å². The zero-order valence-corrected chi connectivity index (χ0v) is 14.0. The molecule has 0 radical (unpaired) electrons. The van der Waals surface area contributed by atoms with Crippen molar-refractivity contribution in [2.75, 3.05) is 19.0 Å². The zero-order valence-electron chi connectivity index (χ0n) is 12.4. The molecule has 0 aliphatic carbocycles. The Morgan fingerprint density at radius 2 is 1.52 bits per heavy atom. The number of hydrogen-bond donors (Lipinski definition) is 0. The van der Waals surface area contributed by atoms with Gasteiger partial charge in [-0.2, -0.15) is 4.31 Å². The van der Waals surface area contributed by atoms with Crippen molar-refractivity contribution in [3.05, 3.63) is 29.8 Å². The number of alkyl halides is 1. The minimum Gasteiger partial charge on any atom is -0.207 e. The topological polar surface area (TPSA) is 37.4 Å². The molecule has 0 amide bonds.